The van der Waals surface area contributed by atoms with Crippen molar-refractivity contribution in [1.82, 2.24) is 4.72 Å². The number of unbranched alkanes of at least 4 members (excludes halogenated alkanes) is 2. The summed E-state index contributed by atoms with van der Waals surface area (Å²) in [4.78, 5) is 0.277. The Balaban J connectivity index is 2.47. The van der Waals surface area contributed by atoms with Crippen LogP contribution in [0.5, 0.6) is 0 Å². The highest BCUT2D eigenvalue weighted by Gasteiger charge is 2.13. The first kappa shape index (κ1) is 17.1. The summed E-state index contributed by atoms with van der Waals surface area (Å²) in [6, 6.07) is 6.58. The normalized spacial score (nSPS) is 13.3. The number of methoxy groups -OCH3 is 1. The molecule has 1 rings (SSSR count). The maximum Gasteiger partial charge on any atom is 0.240 e. The Morgan fingerprint density at radius 2 is 1.85 bits per heavy atom. The van der Waals surface area contributed by atoms with Gasteiger partial charge in [0.1, 0.15) is 0 Å². The Labute approximate surface area is 121 Å². The van der Waals surface area contributed by atoms with E-state index in [2.05, 4.69) is 4.72 Å². The summed E-state index contributed by atoms with van der Waals surface area (Å²) in [5, 5.41) is 0. The molecule has 0 fully saturated rings. The van der Waals surface area contributed by atoms with Crippen LogP contribution in [0.25, 0.3) is 0 Å². The molecule has 5 nitrogen and oxygen atoms in total. The van der Waals surface area contributed by atoms with Crippen molar-refractivity contribution in [3.63, 3.8) is 0 Å². The molecule has 0 radical (unpaired) electrons. The van der Waals surface area contributed by atoms with E-state index in [0.717, 1.165) is 24.8 Å². The highest BCUT2D eigenvalue weighted by Crippen LogP contribution is 2.14. The second-order valence-corrected chi connectivity index (χ2v) is 6.58. The van der Waals surface area contributed by atoms with Gasteiger partial charge in [0, 0.05) is 26.3 Å². The van der Waals surface area contributed by atoms with Crippen LogP contribution in [0.2, 0.25) is 0 Å². The zero-order valence-corrected chi connectivity index (χ0v) is 12.9. The lowest BCUT2D eigenvalue weighted by atomic mass is 10.1. The summed E-state index contributed by atoms with van der Waals surface area (Å²) >= 11 is 0. The number of rotatable bonds is 9. The van der Waals surface area contributed by atoms with E-state index < -0.39 is 10.0 Å². The Kier molecular flexibility index (Phi) is 7.15. The SMILES string of the molecule is COCCCCCNS(=O)(=O)c1ccc(C(C)N)cc1. The molecule has 0 aliphatic heterocycles. The molecule has 0 bridgehead atoms. The number of hydrogen-bond donors (Lipinski definition) is 2. The summed E-state index contributed by atoms with van der Waals surface area (Å²) in [7, 11) is -1.76. The predicted octanol–water partition coefficient (Wildman–Crippen LogP) is 1.80. The summed E-state index contributed by atoms with van der Waals surface area (Å²) in [6.07, 6.45) is 2.70. The third-order valence-electron chi connectivity index (χ3n) is 3.03. The molecule has 0 amide bonds. The Morgan fingerprint density at radius 1 is 1.20 bits per heavy atom. The average molecular weight is 300 g/mol. The minimum Gasteiger partial charge on any atom is -0.385 e. The van der Waals surface area contributed by atoms with Crippen molar-refractivity contribution in [3.05, 3.63) is 29.8 Å². The van der Waals surface area contributed by atoms with E-state index in [4.69, 9.17) is 10.5 Å². The number of hydrogen-bond acceptors (Lipinski definition) is 4. The van der Waals surface area contributed by atoms with Crippen LogP contribution in [0.3, 0.4) is 0 Å². The van der Waals surface area contributed by atoms with Crippen LogP contribution in [-0.2, 0) is 14.8 Å². The van der Waals surface area contributed by atoms with Gasteiger partial charge >= 0.3 is 0 Å². The van der Waals surface area contributed by atoms with Gasteiger partial charge in [-0.3, -0.25) is 0 Å². The van der Waals surface area contributed by atoms with Gasteiger partial charge in [0.25, 0.3) is 0 Å². The van der Waals surface area contributed by atoms with E-state index in [1.54, 1.807) is 31.4 Å². The molecule has 1 aromatic carbocycles. The summed E-state index contributed by atoms with van der Waals surface area (Å²) < 4.78 is 31.6. The van der Waals surface area contributed by atoms with Gasteiger partial charge in [0.05, 0.1) is 4.90 Å². The van der Waals surface area contributed by atoms with Crippen LogP contribution in [0.15, 0.2) is 29.2 Å². The lowest BCUT2D eigenvalue weighted by Gasteiger charge is -2.09. The molecule has 1 atom stereocenters. The second-order valence-electron chi connectivity index (χ2n) is 4.81. The number of benzene rings is 1. The monoisotopic (exact) mass is 300 g/mol. The standard InChI is InChI=1S/C14H24N2O3S/c1-12(15)13-6-8-14(9-7-13)20(17,18)16-10-4-3-5-11-19-2/h6-9,12,16H,3-5,10-11,15H2,1-2H3. The molecular formula is C14H24N2O3S. The van der Waals surface area contributed by atoms with Crippen LogP contribution in [-0.4, -0.2) is 28.7 Å². The minimum atomic E-state index is -3.42. The van der Waals surface area contributed by atoms with E-state index in [-0.39, 0.29) is 10.9 Å². The van der Waals surface area contributed by atoms with Crippen LogP contribution < -0.4 is 10.5 Å². The molecule has 0 heterocycles. The Hall–Kier alpha value is -0.950. The second kappa shape index (κ2) is 8.36. The molecule has 1 unspecified atom stereocenters. The third-order valence-corrected chi connectivity index (χ3v) is 4.51. The number of nitrogens with one attached hydrogen (secondary N) is 1. The number of nitrogens with two attached hydrogens (primary N) is 1. The summed E-state index contributed by atoms with van der Waals surface area (Å²) in [5.74, 6) is 0. The molecule has 0 saturated heterocycles. The van der Waals surface area contributed by atoms with Crippen LogP contribution >= 0.6 is 0 Å². The van der Waals surface area contributed by atoms with Gasteiger partial charge in [-0.25, -0.2) is 13.1 Å². The molecule has 0 saturated carbocycles. The van der Waals surface area contributed by atoms with E-state index >= 15 is 0 Å². The van der Waals surface area contributed by atoms with Crippen molar-refractivity contribution in [3.8, 4) is 0 Å². The van der Waals surface area contributed by atoms with Crippen molar-refractivity contribution in [2.24, 2.45) is 5.73 Å². The third kappa shape index (κ3) is 5.58. The van der Waals surface area contributed by atoms with Crippen molar-refractivity contribution < 1.29 is 13.2 Å². The number of ether oxygens (including phenoxy) is 1. The van der Waals surface area contributed by atoms with Gasteiger partial charge in [-0.05, 0) is 43.9 Å². The zero-order valence-electron chi connectivity index (χ0n) is 12.1. The lowest BCUT2D eigenvalue weighted by molar-refractivity contribution is 0.192. The molecule has 1 aromatic rings. The smallest absolute Gasteiger partial charge is 0.240 e. The summed E-state index contributed by atoms with van der Waals surface area (Å²) in [6.45, 7) is 3.02. The minimum absolute atomic E-state index is 0.0968. The Morgan fingerprint density at radius 3 is 2.40 bits per heavy atom. The fourth-order valence-electron chi connectivity index (χ4n) is 1.79. The van der Waals surface area contributed by atoms with Gasteiger partial charge in [-0.1, -0.05) is 12.1 Å². The predicted molar refractivity (Wildman–Crippen MR) is 80.0 cm³/mol. The summed E-state index contributed by atoms with van der Waals surface area (Å²) in [5.41, 5.74) is 6.66. The molecule has 3 N–H and O–H groups in total. The molecular weight excluding hydrogens is 276 g/mol. The first-order valence-electron chi connectivity index (χ1n) is 6.81. The maximum absolute atomic E-state index is 12.0. The molecule has 114 valence electrons. The fraction of sp³-hybridized carbons (Fsp3) is 0.571. The number of sulfonamides is 1. The first-order valence-corrected chi connectivity index (χ1v) is 8.30. The van der Waals surface area contributed by atoms with Gasteiger partial charge in [0.2, 0.25) is 10.0 Å². The van der Waals surface area contributed by atoms with Gasteiger partial charge in [0.15, 0.2) is 0 Å². The van der Waals surface area contributed by atoms with E-state index in [1.807, 2.05) is 6.92 Å². The topological polar surface area (TPSA) is 81.4 Å². The van der Waals surface area contributed by atoms with Crippen molar-refractivity contribution in [2.75, 3.05) is 20.3 Å². The molecule has 0 aromatic heterocycles. The molecule has 6 heteroatoms. The molecule has 20 heavy (non-hydrogen) atoms. The Bertz CT molecular complexity index is 484. The van der Waals surface area contributed by atoms with Crippen molar-refractivity contribution >= 4 is 10.0 Å². The van der Waals surface area contributed by atoms with Crippen LogP contribution in [0.1, 0.15) is 37.8 Å². The highest BCUT2D eigenvalue weighted by molar-refractivity contribution is 7.89. The van der Waals surface area contributed by atoms with E-state index in [9.17, 15) is 8.42 Å². The van der Waals surface area contributed by atoms with Crippen molar-refractivity contribution in [2.45, 2.75) is 37.1 Å². The molecule has 0 aliphatic rings. The first-order chi connectivity index (χ1) is 9.47. The van der Waals surface area contributed by atoms with Gasteiger partial charge < -0.3 is 10.5 Å². The van der Waals surface area contributed by atoms with Gasteiger partial charge in [-0.15, -0.1) is 0 Å². The lowest BCUT2D eigenvalue weighted by Crippen LogP contribution is -2.24. The van der Waals surface area contributed by atoms with E-state index in [1.165, 1.54) is 0 Å². The van der Waals surface area contributed by atoms with E-state index in [0.29, 0.717) is 13.2 Å². The van der Waals surface area contributed by atoms with Crippen LogP contribution in [0.4, 0.5) is 0 Å². The maximum atomic E-state index is 12.0. The fourth-order valence-corrected chi connectivity index (χ4v) is 2.86. The molecule has 0 aliphatic carbocycles. The van der Waals surface area contributed by atoms with Gasteiger partial charge in [-0.2, -0.15) is 0 Å². The largest absolute Gasteiger partial charge is 0.385 e. The highest BCUT2D eigenvalue weighted by atomic mass is 32.2. The quantitative estimate of drug-likeness (QED) is 0.681. The van der Waals surface area contributed by atoms with Crippen molar-refractivity contribution in [1.29, 1.82) is 0 Å². The molecule has 0 spiro atoms. The van der Waals surface area contributed by atoms with Crippen LogP contribution in [0, 0.1) is 0 Å². The zero-order chi connectivity index (χ0) is 15.0. The average Bonchev–Trinajstić information content (AvgIpc) is 2.43.